The third-order valence-corrected chi connectivity index (χ3v) is 6.06. The summed E-state index contributed by atoms with van der Waals surface area (Å²) in [5, 5.41) is 0. The van der Waals surface area contributed by atoms with Crippen LogP contribution in [0.25, 0.3) is 0 Å². The first-order valence-corrected chi connectivity index (χ1v) is 9.35. The van der Waals surface area contributed by atoms with Gasteiger partial charge in [0.2, 0.25) is 10.0 Å². The molecule has 0 unspecified atom stereocenters. The molecule has 5 nitrogen and oxygen atoms in total. The Bertz CT molecular complexity index is 828. The highest BCUT2D eigenvalue weighted by atomic mass is 32.2. The molecule has 0 spiro atoms. The van der Waals surface area contributed by atoms with E-state index in [0.717, 1.165) is 28.2 Å². The molecule has 8 heteroatoms. The Morgan fingerprint density at radius 1 is 1.12 bits per heavy atom. The molecule has 0 atom stereocenters. The number of pyridine rings is 1. The lowest BCUT2D eigenvalue weighted by Crippen LogP contribution is -2.42. The van der Waals surface area contributed by atoms with Gasteiger partial charge in [-0.3, -0.25) is 4.98 Å². The monoisotopic (exact) mass is 368 g/mol. The lowest BCUT2D eigenvalue weighted by molar-refractivity contribution is 0.134. The van der Waals surface area contributed by atoms with Crippen LogP contribution < -0.4 is 4.74 Å². The SMILES string of the molecule is Cc1ccc(OC2CCN(S(=O)(=O)c3c(F)cccc3F)CC2)cn1. The number of piperidine rings is 1. The fourth-order valence-electron chi connectivity index (χ4n) is 2.76. The number of hydrogen-bond acceptors (Lipinski definition) is 4. The summed E-state index contributed by atoms with van der Waals surface area (Å²) in [7, 11) is -4.21. The number of hydrogen-bond donors (Lipinski definition) is 0. The predicted molar refractivity (Wildman–Crippen MR) is 87.7 cm³/mol. The topological polar surface area (TPSA) is 59.5 Å². The molecule has 0 bridgehead atoms. The summed E-state index contributed by atoms with van der Waals surface area (Å²) in [5.41, 5.74) is 0.875. The van der Waals surface area contributed by atoms with Crippen molar-refractivity contribution in [3.05, 3.63) is 53.9 Å². The first-order chi connectivity index (χ1) is 11.9. The van der Waals surface area contributed by atoms with E-state index in [1.807, 2.05) is 13.0 Å². The second-order valence-corrected chi connectivity index (χ2v) is 7.78. The maximum absolute atomic E-state index is 13.8. The molecule has 2 heterocycles. The fourth-order valence-corrected chi connectivity index (χ4v) is 4.34. The Morgan fingerprint density at radius 3 is 2.32 bits per heavy atom. The van der Waals surface area contributed by atoms with Gasteiger partial charge in [0.05, 0.1) is 6.20 Å². The van der Waals surface area contributed by atoms with Gasteiger partial charge in [0, 0.05) is 18.8 Å². The van der Waals surface area contributed by atoms with Gasteiger partial charge in [0.25, 0.3) is 0 Å². The quantitative estimate of drug-likeness (QED) is 0.833. The van der Waals surface area contributed by atoms with E-state index in [2.05, 4.69) is 4.98 Å². The van der Waals surface area contributed by atoms with Gasteiger partial charge in [-0.1, -0.05) is 6.07 Å². The van der Waals surface area contributed by atoms with Crippen molar-refractivity contribution in [1.29, 1.82) is 0 Å². The van der Waals surface area contributed by atoms with Crippen LogP contribution in [0.15, 0.2) is 41.4 Å². The van der Waals surface area contributed by atoms with Gasteiger partial charge in [-0.2, -0.15) is 4.31 Å². The zero-order chi connectivity index (χ0) is 18.0. The van der Waals surface area contributed by atoms with E-state index in [0.29, 0.717) is 18.6 Å². The Morgan fingerprint density at radius 2 is 1.76 bits per heavy atom. The van der Waals surface area contributed by atoms with Crippen molar-refractivity contribution >= 4 is 10.0 Å². The molecule has 0 radical (unpaired) electrons. The number of sulfonamides is 1. The van der Waals surface area contributed by atoms with Crippen molar-refractivity contribution in [2.75, 3.05) is 13.1 Å². The van der Waals surface area contributed by atoms with Crippen LogP contribution in [0.1, 0.15) is 18.5 Å². The smallest absolute Gasteiger partial charge is 0.248 e. The average molecular weight is 368 g/mol. The molecular weight excluding hydrogens is 350 g/mol. The number of rotatable bonds is 4. The van der Waals surface area contributed by atoms with Crippen molar-refractivity contribution in [1.82, 2.24) is 9.29 Å². The lowest BCUT2D eigenvalue weighted by atomic mass is 10.1. The summed E-state index contributed by atoms with van der Waals surface area (Å²) >= 11 is 0. The number of nitrogens with zero attached hydrogens (tertiary/aromatic N) is 2. The molecule has 1 aromatic carbocycles. The zero-order valence-electron chi connectivity index (χ0n) is 13.7. The van der Waals surface area contributed by atoms with Gasteiger partial charge in [-0.05, 0) is 44.0 Å². The van der Waals surface area contributed by atoms with Gasteiger partial charge in [-0.25, -0.2) is 17.2 Å². The minimum atomic E-state index is -4.21. The summed E-state index contributed by atoms with van der Waals surface area (Å²) in [6.45, 7) is 2.15. The molecule has 134 valence electrons. The molecule has 1 fully saturated rings. The molecule has 1 aromatic heterocycles. The van der Waals surface area contributed by atoms with Crippen LogP contribution in [0.5, 0.6) is 5.75 Å². The highest BCUT2D eigenvalue weighted by Crippen LogP contribution is 2.26. The Kier molecular flexibility index (Phi) is 5.01. The van der Waals surface area contributed by atoms with Crippen LogP contribution >= 0.6 is 0 Å². The van der Waals surface area contributed by atoms with Crippen LogP contribution in [-0.2, 0) is 10.0 Å². The van der Waals surface area contributed by atoms with Crippen LogP contribution in [0.2, 0.25) is 0 Å². The summed E-state index contributed by atoms with van der Waals surface area (Å²) in [5.74, 6) is -1.54. The first-order valence-electron chi connectivity index (χ1n) is 7.91. The van der Waals surface area contributed by atoms with Crippen molar-refractivity contribution in [3.8, 4) is 5.75 Å². The van der Waals surface area contributed by atoms with Crippen molar-refractivity contribution < 1.29 is 21.9 Å². The van der Waals surface area contributed by atoms with Crippen LogP contribution in [0.3, 0.4) is 0 Å². The van der Waals surface area contributed by atoms with Gasteiger partial charge in [0.1, 0.15) is 23.5 Å². The predicted octanol–water partition coefficient (Wildman–Crippen LogP) is 2.90. The number of aryl methyl sites for hydroxylation is 1. The van der Waals surface area contributed by atoms with Crippen LogP contribution in [-0.4, -0.2) is 36.9 Å². The van der Waals surface area contributed by atoms with Crippen LogP contribution in [0, 0.1) is 18.6 Å². The number of aromatic nitrogens is 1. The van der Waals surface area contributed by atoms with E-state index in [1.165, 1.54) is 0 Å². The lowest BCUT2D eigenvalue weighted by Gasteiger charge is -2.31. The third-order valence-electron chi connectivity index (χ3n) is 4.10. The maximum Gasteiger partial charge on any atom is 0.248 e. The molecular formula is C17H18F2N2O3S. The molecule has 25 heavy (non-hydrogen) atoms. The minimum Gasteiger partial charge on any atom is -0.489 e. The molecule has 0 saturated carbocycles. The molecule has 0 amide bonds. The highest BCUT2D eigenvalue weighted by molar-refractivity contribution is 7.89. The van der Waals surface area contributed by atoms with Crippen molar-refractivity contribution in [3.63, 3.8) is 0 Å². The summed E-state index contributed by atoms with van der Waals surface area (Å²) in [4.78, 5) is 3.25. The van der Waals surface area contributed by atoms with E-state index in [1.54, 1.807) is 12.3 Å². The van der Waals surface area contributed by atoms with Crippen molar-refractivity contribution in [2.45, 2.75) is 30.8 Å². The van der Waals surface area contributed by atoms with Gasteiger partial charge in [-0.15, -0.1) is 0 Å². The normalized spacial score (nSPS) is 16.8. The molecule has 1 aliphatic rings. The maximum atomic E-state index is 13.8. The molecule has 2 aromatic rings. The van der Waals surface area contributed by atoms with Gasteiger partial charge < -0.3 is 4.74 Å². The minimum absolute atomic E-state index is 0.139. The van der Waals surface area contributed by atoms with Gasteiger partial charge in [0.15, 0.2) is 4.90 Å². The van der Waals surface area contributed by atoms with E-state index >= 15 is 0 Å². The molecule has 1 aliphatic heterocycles. The molecule has 0 aliphatic carbocycles. The molecule has 3 rings (SSSR count). The Hall–Kier alpha value is -2.06. The van der Waals surface area contributed by atoms with Crippen molar-refractivity contribution in [2.24, 2.45) is 0 Å². The van der Waals surface area contributed by atoms with E-state index < -0.39 is 26.6 Å². The van der Waals surface area contributed by atoms with E-state index in [9.17, 15) is 17.2 Å². The van der Waals surface area contributed by atoms with E-state index in [-0.39, 0.29) is 19.2 Å². The van der Waals surface area contributed by atoms with Gasteiger partial charge >= 0.3 is 0 Å². The number of halogens is 2. The summed E-state index contributed by atoms with van der Waals surface area (Å²) < 4.78 is 59.6. The number of ether oxygens (including phenoxy) is 1. The molecule has 1 saturated heterocycles. The molecule has 0 N–H and O–H groups in total. The first kappa shape index (κ1) is 17.8. The summed E-state index contributed by atoms with van der Waals surface area (Å²) in [6.07, 6.45) is 2.32. The Balaban J connectivity index is 1.68. The Labute approximate surface area is 145 Å². The average Bonchev–Trinajstić information content (AvgIpc) is 2.57. The standard InChI is InChI=1S/C17H18F2N2O3S/c1-12-5-6-14(11-20-12)24-13-7-9-21(10-8-13)25(22,23)17-15(18)3-2-4-16(17)19/h2-6,11,13H,7-10H2,1H3. The second-order valence-electron chi connectivity index (χ2n) is 5.91. The highest BCUT2D eigenvalue weighted by Gasteiger charge is 2.34. The zero-order valence-corrected chi connectivity index (χ0v) is 14.5. The third kappa shape index (κ3) is 3.80. The number of benzene rings is 1. The van der Waals surface area contributed by atoms with E-state index in [4.69, 9.17) is 4.74 Å². The second kappa shape index (κ2) is 7.05. The largest absolute Gasteiger partial charge is 0.489 e. The van der Waals surface area contributed by atoms with Crippen LogP contribution in [0.4, 0.5) is 8.78 Å². The summed E-state index contributed by atoms with van der Waals surface area (Å²) in [6, 6.07) is 6.65. The fraction of sp³-hybridized carbons (Fsp3) is 0.353.